The molecule has 0 aromatic rings. The number of carbonyl (C=O) groups excluding carboxylic acids is 1. The number of ketones is 1. The molecule has 0 radical (unpaired) electrons. The minimum absolute atomic E-state index is 0.0876. The van der Waals surface area contributed by atoms with E-state index < -0.39 is 8.07 Å². The number of hydrogen-bond donors (Lipinski definition) is 1. The van der Waals surface area contributed by atoms with Gasteiger partial charge in [0.05, 0.1) is 0 Å². The molecule has 0 saturated heterocycles. The lowest BCUT2D eigenvalue weighted by atomic mass is 10.1. The van der Waals surface area contributed by atoms with Crippen LogP contribution in [0.2, 0.25) is 19.6 Å². The summed E-state index contributed by atoms with van der Waals surface area (Å²) in [6.45, 7) is 6.70. The first-order chi connectivity index (χ1) is 7.45. The molecule has 0 aromatic heterocycles. The van der Waals surface area contributed by atoms with Gasteiger partial charge in [-0.2, -0.15) is 0 Å². The van der Waals surface area contributed by atoms with Gasteiger partial charge in [0.1, 0.15) is 8.07 Å². The topological polar surface area (TPSA) is 37.3 Å². The van der Waals surface area contributed by atoms with E-state index in [1.807, 2.05) is 0 Å². The molecule has 0 amide bonds. The van der Waals surface area contributed by atoms with Gasteiger partial charge in [0.15, 0.2) is 0 Å². The second-order valence-electron chi connectivity index (χ2n) is 5.16. The van der Waals surface area contributed by atoms with Crippen molar-refractivity contribution >= 4 is 13.9 Å². The van der Waals surface area contributed by atoms with Crippen molar-refractivity contribution in [2.45, 2.75) is 58.2 Å². The van der Waals surface area contributed by atoms with Gasteiger partial charge in [0.25, 0.3) is 0 Å². The van der Waals surface area contributed by atoms with E-state index in [9.17, 15) is 4.79 Å². The molecule has 0 rings (SSSR count). The van der Waals surface area contributed by atoms with Gasteiger partial charge in [-0.3, -0.25) is 4.79 Å². The molecule has 92 valence electrons. The van der Waals surface area contributed by atoms with Crippen molar-refractivity contribution in [1.29, 1.82) is 0 Å². The van der Waals surface area contributed by atoms with E-state index in [1.54, 1.807) is 0 Å². The molecule has 0 aliphatic heterocycles. The fraction of sp³-hybridized carbons (Fsp3) is 0.769. The van der Waals surface area contributed by atoms with Crippen LogP contribution in [0.25, 0.3) is 0 Å². The summed E-state index contributed by atoms with van der Waals surface area (Å²) in [6.07, 6.45) is 5.64. The summed E-state index contributed by atoms with van der Waals surface area (Å²) >= 11 is 0. The van der Waals surface area contributed by atoms with Gasteiger partial charge < -0.3 is 5.11 Å². The summed E-state index contributed by atoms with van der Waals surface area (Å²) in [4.78, 5) is 11.4. The van der Waals surface area contributed by atoms with E-state index in [2.05, 4.69) is 31.1 Å². The van der Waals surface area contributed by atoms with Crippen molar-refractivity contribution in [2.24, 2.45) is 0 Å². The van der Waals surface area contributed by atoms with Crippen LogP contribution in [0.5, 0.6) is 0 Å². The highest BCUT2D eigenvalue weighted by Gasteiger charge is 2.08. The van der Waals surface area contributed by atoms with E-state index >= 15 is 0 Å². The standard InChI is InChI=1S/C13H24O2Si/c1-16(2,3)12-10-13(15)9-7-5-4-6-8-11-14/h14H,4-9,11H2,1-3H3. The van der Waals surface area contributed by atoms with Crippen molar-refractivity contribution in [3.05, 3.63) is 0 Å². The van der Waals surface area contributed by atoms with E-state index in [4.69, 9.17) is 5.11 Å². The Hall–Kier alpha value is -0.593. The molecule has 0 bridgehead atoms. The Bertz CT molecular complexity index is 255. The Morgan fingerprint density at radius 3 is 2.19 bits per heavy atom. The van der Waals surface area contributed by atoms with Crippen molar-refractivity contribution in [1.82, 2.24) is 0 Å². The van der Waals surface area contributed by atoms with E-state index in [1.165, 1.54) is 0 Å². The molecule has 0 aromatic carbocycles. The Balaban J connectivity index is 3.54. The highest BCUT2D eigenvalue weighted by atomic mass is 28.3. The monoisotopic (exact) mass is 240 g/mol. The van der Waals surface area contributed by atoms with Crippen LogP contribution in [0, 0.1) is 11.5 Å². The number of unbranched alkanes of at least 4 members (excludes halogenated alkanes) is 4. The maximum Gasteiger partial charge on any atom is 0.204 e. The first-order valence-corrected chi connectivity index (χ1v) is 9.62. The molecule has 0 heterocycles. The van der Waals surface area contributed by atoms with Crippen LogP contribution < -0.4 is 0 Å². The van der Waals surface area contributed by atoms with Crippen molar-refractivity contribution in [2.75, 3.05) is 6.61 Å². The molecule has 0 unspecified atom stereocenters. The number of carbonyl (C=O) groups is 1. The first-order valence-electron chi connectivity index (χ1n) is 6.12. The van der Waals surface area contributed by atoms with Gasteiger partial charge in [-0.15, -0.1) is 5.54 Å². The molecule has 2 nitrogen and oxygen atoms in total. The van der Waals surface area contributed by atoms with Crippen LogP contribution in [0.4, 0.5) is 0 Å². The van der Waals surface area contributed by atoms with Gasteiger partial charge in [0.2, 0.25) is 5.78 Å². The molecule has 0 saturated carbocycles. The normalized spacial score (nSPS) is 10.8. The lowest BCUT2D eigenvalue weighted by Gasteiger charge is -2.03. The Kier molecular flexibility index (Phi) is 8.23. The molecule has 1 N–H and O–H groups in total. The smallest absolute Gasteiger partial charge is 0.204 e. The van der Waals surface area contributed by atoms with Gasteiger partial charge in [0, 0.05) is 13.0 Å². The zero-order chi connectivity index (χ0) is 12.4. The molecule has 0 atom stereocenters. The van der Waals surface area contributed by atoms with Crippen molar-refractivity contribution in [3.63, 3.8) is 0 Å². The fourth-order valence-electron chi connectivity index (χ4n) is 1.25. The molecule has 0 spiro atoms. The zero-order valence-corrected chi connectivity index (χ0v) is 11.8. The van der Waals surface area contributed by atoms with Crippen LogP contribution >= 0.6 is 0 Å². The maximum absolute atomic E-state index is 11.4. The van der Waals surface area contributed by atoms with E-state index in [0.29, 0.717) is 6.42 Å². The second-order valence-corrected chi connectivity index (χ2v) is 9.91. The first kappa shape index (κ1) is 15.4. The SMILES string of the molecule is C[Si](C)(C)C#CC(=O)CCCCCCCO. The molecule has 0 aliphatic carbocycles. The summed E-state index contributed by atoms with van der Waals surface area (Å²) in [5.74, 6) is 2.85. The summed E-state index contributed by atoms with van der Waals surface area (Å²) in [5.41, 5.74) is 3.09. The summed E-state index contributed by atoms with van der Waals surface area (Å²) in [5, 5.41) is 8.59. The molecular weight excluding hydrogens is 216 g/mol. The second kappa shape index (κ2) is 8.55. The van der Waals surface area contributed by atoms with Crippen LogP contribution in [-0.4, -0.2) is 25.6 Å². The highest BCUT2D eigenvalue weighted by molar-refractivity contribution is 6.84. The molecular formula is C13H24O2Si. The number of aliphatic hydroxyl groups is 1. The van der Waals surface area contributed by atoms with Gasteiger partial charge in [-0.25, -0.2) is 0 Å². The predicted octanol–water partition coefficient (Wildman–Crippen LogP) is 2.77. The summed E-state index contributed by atoms with van der Waals surface area (Å²) in [7, 11) is -1.39. The van der Waals surface area contributed by atoms with E-state index in [0.717, 1.165) is 32.1 Å². The molecule has 0 aliphatic rings. The number of rotatable bonds is 7. The molecule has 16 heavy (non-hydrogen) atoms. The Morgan fingerprint density at radius 2 is 1.62 bits per heavy atom. The molecule has 0 fully saturated rings. The largest absolute Gasteiger partial charge is 0.396 e. The van der Waals surface area contributed by atoms with Gasteiger partial charge in [-0.05, 0) is 18.8 Å². The lowest BCUT2D eigenvalue weighted by molar-refractivity contribution is -0.113. The van der Waals surface area contributed by atoms with Crippen LogP contribution in [0.1, 0.15) is 38.5 Å². The fourth-order valence-corrected chi connectivity index (χ4v) is 1.76. The van der Waals surface area contributed by atoms with Crippen molar-refractivity contribution in [3.8, 4) is 11.5 Å². The summed E-state index contributed by atoms with van der Waals surface area (Å²) in [6, 6.07) is 0. The third-order valence-corrected chi connectivity index (χ3v) is 3.01. The third kappa shape index (κ3) is 11.5. The highest BCUT2D eigenvalue weighted by Crippen LogP contribution is 2.05. The molecule has 3 heteroatoms. The summed E-state index contributed by atoms with van der Waals surface area (Å²) < 4.78 is 0. The minimum Gasteiger partial charge on any atom is -0.396 e. The average Bonchev–Trinajstić information content (AvgIpc) is 2.19. The van der Waals surface area contributed by atoms with Crippen LogP contribution in [-0.2, 0) is 4.79 Å². The van der Waals surface area contributed by atoms with Crippen molar-refractivity contribution < 1.29 is 9.90 Å². The Labute approximate surface area is 100 Å². The quantitative estimate of drug-likeness (QED) is 0.422. The van der Waals surface area contributed by atoms with Crippen LogP contribution in [0.15, 0.2) is 0 Å². The number of aliphatic hydroxyl groups excluding tert-OH is 1. The maximum atomic E-state index is 11.4. The number of hydrogen-bond acceptors (Lipinski definition) is 2. The van der Waals surface area contributed by atoms with E-state index in [-0.39, 0.29) is 12.4 Å². The van der Waals surface area contributed by atoms with Gasteiger partial charge in [-0.1, -0.05) is 38.9 Å². The average molecular weight is 240 g/mol. The van der Waals surface area contributed by atoms with Crippen LogP contribution in [0.3, 0.4) is 0 Å². The minimum atomic E-state index is -1.39. The third-order valence-electron chi connectivity index (χ3n) is 2.14. The predicted molar refractivity (Wildman–Crippen MR) is 70.9 cm³/mol. The Morgan fingerprint density at radius 1 is 1.06 bits per heavy atom. The lowest BCUT2D eigenvalue weighted by Crippen LogP contribution is -2.17. The zero-order valence-electron chi connectivity index (χ0n) is 10.8. The van der Waals surface area contributed by atoms with Gasteiger partial charge >= 0.3 is 0 Å². The number of Topliss-reactive ketones (excluding diaryl/α,β-unsaturated/α-hetero) is 1.